The zero-order valence-corrected chi connectivity index (χ0v) is 15.8. The van der Waals surface area contributed by atoms with E-state index in [9.17, 15) is 4.79 Å². The molecule has 5 nitrogen and oxygen atoms in total. The van der Waals surface area contributed by atoms with Crippen molar-refractivity contribution in [2.24, 2.45) is 0 Å². The van der Waals surface area contributed by atoms with Crippen molar-refractivity contribution in [3.8, 4) is 0 Å². The Morgan fingerprint density at radius 1 is 1.36 bits per heavy atom. The van der Waals surface area contributed by atoms with Crippen LogP contribution in [0.15, 0.2) is 35.7 Å². The van der Waals surface area contributed by atoms with E-state index in [-0.39, 0.29) is 18.1 Å². The second-order valence-corrected chi connectivity index (χ2v) is 7.71. The molecule has 2 atom stereocenters. The Kier molecular flexibility index (Phi) is 5.83. The van der Waals surface area contributed by atoms with Crippen LogP contribution < -0.4 is 0 Å². The lowest BCUT2D eigenvalue weighted by atomic mass is 9.97. The zero-order chi connectivity index (χ0) is 17.8. The summed E-state index contributed by atoms with van der Waals surface area (Å²) in [5.41, 5.74) is 1.98. The third-order valence-electron chi connectivity index (χ3n) is 4.36. The van der Waals surface area contributed by atoms with Gasteiger partial charge in [0.05, 0.1) is 35.9 Å². The molecule has 2 aromatic rings. The van der Waals surface area contributed by atoms with E-state index in [4.69, 9.17) is 4.74 Å². The van der Waals surface area contributed by atoms with E-state index in [2.05, 4.69) is 22.0 Å². The predicted octanol–water partition coefficient (Wildman–Crippen LogP) is 2.52. The quantitative estimate of drug-likeness (QED) is 0.823. The first-order valence-electron chi connectivity index (χ1n) is 8.56. The molecule has 25 heavy (non-hydrogen) atoms. The summed E-state index contributed by atoms with van der Waals surface area (Å²) < 4.78 is 6.04. The number of hydrogen-bond acceptors (Lipinski definition) is 5. The molecule has 1 saturated heterocycles. The van der Waals surface area contributed by atoms with Crippen molar-refractivity contribution in [2.45, 2.75) is 25.5 Å². The number of hydrogen-bond donors (Lipinski definition) is 0. The maximum atomic E-state index is 13.0. The number of rotatable bonds is 5. The normalized spacial score (nSPS) is 20.9. The van der Waals surface area contributed by atoms with Gasteiger partial charge in [-0.25, -0.2) is 4.98 Å². The molecule has 1 aromatic carbocycles. The fourth-order valence-corrected chi connectivity index (χ4v) is 3.93. The maximum Gasteiger partial charge on any atom is 0.229 e. The number of likely N-dealkylation sites (N-methyl/N-ethyl adjacent to an activating group) is 1. The molecule has 0 radical (unpaired) electrons. The lowest BCUT2D eigenvalue weighted by molar-refractivity contribution is -0.147. The summed E-state index contributed by atoms with van der Waals surface area (Å²) in [7, 11) is 4.06. The molecule has 1 fully saturated rings. The van der Waals surface area contributed by atoms with Gasteiger partial charge in [-0.05, 0) is 26.6 Å². The van der Waals surface area contributed by atoms with E-state index in [1.54, 1.807) is 11.3 Å². The Morgan fingerprint density at radius 2 is 2.12 bits per heavy atom. The van der Waals surface area contributed by atoms with Crippen LogP contribution in [0.1, 0.15) is 22.3 Å². The van der Waals surface area contributed by atoms with E-state index in [1.165, 1.54) is 0 Å². The fraction of sp³-hybridized carbons (Fsp3) is 0.474. The molecule has 1 aliphatic rings. The van der Waals surface area contributed by atoms with Crippen molar-refractivity contribution in [2.75, 3.05) is 33.8 Å². The second-order valence-electron chi connectivity index (χ2n) is 6.65. The summed E-state index contributed by atoms with van der Waals surface area (Å²) in [6.45, 7) is 3.93. The summed E-state index contributed by atoms with van der Waals surface area (Å²) in [6, 6.07) is 10.1. The van der Waals surface area contributed by atoms with E-state index < -0.39 is 0 Å². The first-order chi connectivity index (χ1) is 12.0. The molecule has 1 aromatic heterocycles. The minimum absolute atomic E-state index is 0.0349. The van der Waals surface area contributed by atoms with Gasteiger partial charge in [0.25, 0.3) is 0 Å². The summed E-state index contributed by atoms with van der Waals surface area (Å²) in [6.07, 6.45) is 0.315. The van der Waals surface area contributed by atoms with Gasteiger partial charge in [0.1, 0.15) is 0 Å². The third-order valence-corrected chi connectivity index (χ3v) is 5.18. The van der Waals surface area contributed by atoms with Gasteiger partial charge in [-0.1, -0.05) is 30.3 Å². The van der Waals surface area contributed by atoms with Gasteiger partial charge < -0.3 is 14.5 Å². The number of ether oxygens (including phenoxy) is 1. The third kappa shape index (κ3) is 4.45. The van der Waals surface area contributed by atoms with Crippen molar-refractivity contribution < 1.29 is 9.53 Å². The van der Waals surface area contributed by atoms with Gasteiger partial charge in [0.15, 0.2) is 0 Å². The average molecular weight is 359 g/mol. The predicted molar refractivity (Wildman–Crippen MR) is 99.7 cm³/mol. The molecule has 0 bridgehead atoms. The monoisotopic (exact) mass is 359 g/mol. The number of thiazole rings is 1. The smallest absolute Gasteiger partial charge is 0.229 e. The molecule has 6 heteroatoms. The highest BCUT2D eigenvalue weighted by Crippen LogP contribution is 2.30. The van der Waals surface area contributed by atoms with E-state index in [0.717, 1.165) is 22.8 Å². The Balaban J connectivity index is 1.84. The molecule has 0 spiro atoms. The molecule has 2 heterocycles. The second kappa shape index (κ2) is 8.08. The van der Waals surface area contributed by atoms with Crippen LogP contribution >= 0.6 is 11.3 Å². The van der Waals surface area contributed by atoms with Crippen molar-refractivity contribution >= 4 is 17.2 Å². The number of nitrogens with zero attached hydrogens (tertiary/aromatic N) is 3. The van der Waals surface area contributed by atoms with Crippen LogP contribution in [0.3, 0.4) is 0 Å². The molecule has 1 amide bonds. The van der Waals surface area contributed by atoms with Crippen LogP contribution in [0, 0.1) is 6.92 Å². The van der Waals surface area contributed by atoms with Crippen LogP contribution in [0.4, 0.5) is 0 Å². The first kappa shape index (κ1) is 18.0. The number of carbonyl (C=O) groups is 1. The zero-order valence-electron chi connectivity index (χ0n) is 15.0. The fourth-order valence-electron chi connectivity index (χ4n) is 3.32. The molecular weight excluding hydrogens is 334 g/mol. The van der Waals surface area contributed by atoms with Gasteiger partial charge in [-0.15, -0.1) is 11.3 Å². The standard InChI is InChI=1S/C19H25N3O2S/c1-14-20-16(13-25-14)11-18(23)22-9-10-24-17(12-21(2)3)19(22)15-7-5-4-6-8-15/h4-8,13,17,19H,9-12H2,1-3H3/t17-,19-/m0/s1. The van der Waals surface area contributed by atoms with Crippen molar-refractivity contribution in [1.82, 2.24) is 14.8 Å². The Hall–Kier alpha value is -1.76. The van der Waals surface area contributed by atoms with Crippen LogP contribution in [-0.2, 0) is 16.0 Å². The first-order valence-corrected chi connectivity index (χ1v) is 9.44. The molecule has 134 valence electrons. The minimum atomic E-state index is -0.0652. The molecule has 0 N–H and O–H groups in total. The highest BCUT2D eigenvalue weighted by molar-refractivity contribution is 7.09. The van der Waals surface area contributed by atoms with Crippen LogP contribution in [0.5, 0.6) is 0 Å². The van der Waals surface area contributed by atoms with Gasteiger partial charge in [0, 0.05) is 18.5 Å². The largest absolute Gasteiger partial charge is 0.373 e. The van der Waals surface area contributed by atoms with E-state index >= 15 is 0 Å². The number of amides is 1. The van der Waals surface area contributed by atoms with E-state index in [0.29, 0.717) is 19.6 Å². The van der Waals surface area contributed by atoms with Crippen LogP contribution in [-0.4, -0.2) is 60.6 Å². The number of morpholine rings is 1. The van der Waals surface area contributed by atoms with Crippen molar-refractivity contribution in [1.29, 1.82) is 0 Å². The lowest BCUT2D eigenvalue weighted by Gasteiger charge is -2.42. The molecule has 3 rings (SSSR count). The molecular formula is C19H25N3O2S. The van der Waals surface area contributed by atoms with Crippen molar-refractivity contribution in [3.63, 3.8) is 0 Å². The average Bonchev–Trinajstić information content (AvgIpc) is 2.99. The van der Waals surface area contributed by atoms with Gasteiger partial charge >= 0.3 is 0 Å². The van der Waals surface area contributed by atoms with Gasteiger partial charge in [-0.2, -0.15) is 0 Å². The van der Waals surface area contributed by atoms with Gasteiger partial charge in [0.2, 0.25) is 5.91 Å². The van der Waals surface area contributed by atoms with Crippen molar-refractivity contribution in [3.05, 3.63) is 52.0 Å². The number of aryl methyl sites for hydroxylation is 1. The highest BCUT2D eigenvalue weighted by atomic mass is 32.1. The summed E-state index contributed by atoms with van der Waals surface area (Å²) >= 11 is 1.59. The highest BCUT2D eigenvalue weighted by Gasteiger charge is 2.36. The summed E-state index contributed by atoms with van der Waals surface area (Å²) in [5.74, 6) is 0.117. The SMILES string of the molecule is Cc1nc(CC(=O)N2CCO[C@@H](CN(C)C)[C@@H]2c2ccccc2)cs1. The van der Waals surface area contributed by atoms with E-state index in [1.807, 2.05) is 49.5 Å². The molecule has 1 aliphatic heterocycles. The molecule has 0 unspecified atom stereocenters. The summed E-state index contributed by atoms with van der Waals surface area (Å²) in [4.78, 5) is 21.5. The number of benzene rings is 1. The molecule has 0 aliphatic carbocycles. The number of carbonyl (C=O) groups excluding carboxylic acids is 1. The topological polar surface area (TPSA) is 45.7 Å². The lowest BCUT2D eigenvalue weighted by Crippen LogP contribution is -2.51. The van der Waals surface area contributed by atoms with Crippen LogP contribution in [0.25, 0.3) is 0 Å². The minimum Gasteiger partial charge on any atom is -0.373 e. The summed E-state index contributed by atoms with van der Waals surface area (Å²) in [5, 5.41) is 2.97. The van der Waals surface area contributed by atoms with Gasteiger partial charge in [-0.3, -0.25) is 4.79 Å². The molecule has 0 saturated carbocycles. The Labute approximate surface area is 153 Å². The number of aromatic nitrogens is 1. The maximum absolute atomic E-state index is 13.0. The van der Waals surface area contributed by atoms with Crippen LogP contribution in [0.2, 0.25) is 0 Å². The Morgan fingerprint density at radius 3 is 2.76 bits per heavy atom. The Bertz CT molecular complexity index is 702.